The fourth-order valence-corrected chi connectivity index (χ4v) is 2.76. The molecule has 3 rings (SSSR count). The third kappa shape index (κ3) is 1.91. The Morgan fingerprint density at radius 2 is 1.75 bits per heavy atom. The van der Waals surface area contributed by atoms with Crippen LogP contribution in [0, 0.1) is 11.8 Å². The van der Waals surface area contributed by atoms with Gasteiger partial charge in [0.15, 0.2) is 0 Å². The summed E-state index contributed by atoms with van der Waals surface area (Å²) in [5, 5.41) is 3.61. The molecule has 0 aromatic carbocycles. The second kappa shape index (κ2) is 4.40. The van der Waals surface area contributed by atoms with E-state index in [0.29, 0.717) is 6.04 Å². The molecule has 86 valence electrons. The summed E-state index contributed by atoms with van der Waals surface area (Å²) < 4.78 is 0. The van der Waals surface area contributed by atoms with E-state index in [2.05, 4.69) is 15.3 Å². The first-order valence-electron chi connectivity index (χ1n) is 6.46. The Hall–Kier alpha value is -1.12. The Bertz CT molecular complexity index is 316. The lowest BCUT2D eigenvalue weighted by molar-refractivity contribution is 0.166. The first-order valence-corrected chi connectivity index (χ1v) is 6.46. The Morgan fingerprint density at radius 3 is 2.19 bits per heavy atom. The maximum Gasteiger partial charge on any atom is 0.144 e. The molecule has 0 atom stereocenters. The summed E-state index contributed by atoms with van der Waals surface area (Å²) in [7, 11) is 0. The molecule has 0 bridgehead atoms. The Labute approximate surface area is 96.7 Å². The molecule has 0 unspecified atom stereocenters. The largest absolute Gasteiger partial charge is 0.366 e. The van der Waals surface area contributed by atoms with E-state index in [1.807, 2.05) is 6.20 Å². The van der Waals surface area contributed by atoms with Crippen molar-refractivity contribution in [3.8, 4) is 0 Å². The van der Waals surface area contributed by atoms with Gasteiger partial charge in [-0.1, -0.05) is 12.8 Å². The fourth-order valence-electron chi connectivity index (χ4n) is 2.76. The van der Waals surface area contributed by atoms with Crippen molar-refractivity contribution >= 4 is 5.82 Å². The van der Waals surface area contributed by atoms with E-state index >= 15 is 0 Å². The number of hydrogen-bond acceptors (Lipinski definition) is 3. The van der Waals surface area contributed by atoms with Crippen molar-refractivity contribution in [1.82, 2.24) is 9.97 Å². The molecule has 0 aliphatic heterocycles. The molecule has 1 N–H and O–H groups in total. The van der Waals surface area contributed by atoms with Gasteiger partial charge >= 0.3 is 0 Å². The normalized spacial score (nSPS) is 21.6. The zero-order chi connectivity index (χ0) is 10.8. The lowest BCUT2D eigenvalue weighted by Crippen LogP contribution is -2.42. The average Bonchev–Trinajstić information content (AvgIpc) is 2.13. The first kappa shape index (κ1) is 10.1. The van der Waals surface area contributed by atoms with Crippen LogP contribution in [0.1, 0.15) is 38.5 Å². The van der Waals surface area contributed by atoms with Crippen LogP contribution in [0.5, 0.6) is 0 Å². The van der Waals surface area contributed by atoms with Gasteiger partial charge in [0.25, 0.3) is 0 Å². The molecule has 16 heavy (non-hydrogen) atoms. The second-order valence-corrected chi connectivity index (χ2v) is 5.14. The molecule has 2 saturated carbocycles. The molecule has 1 aromatic heterocycles. The Balaban J connectivity index is 1.68. The standard InChI is InChI=1S/C13H19N3/c1-3-10(4-1)13(11-5-2-6-11)16-12-9-14-7-8-15-12/h7-11,13H,1-6H2,(H,15,16). The third-order valence-electron chi connectivity index (χ3n) is 4.19. The molecule has 1 aromatic rings. The molecule has 0 amide bonds. The van der Waals surface area contributed by atoms with E-state index in [4.69, 9.17) is 0 Å². The molecule has 0 radical (unpaired) electrons. The van der Waals surface area contributed by atoms with Crippen molar-refractivity contribution in [3.05, 3.63) is 18.6 Å². The summed E-state index contributed by atoms with van der Waals surface area (Å²) in [6.07, 6.45) is 13.7. The van der Waals surface area contributed by atoms with E-state index in [9.17, 15) is 0 Å². The Kier molecular flexibility index (Phi) is 2.77. The van der Waals surface area contributed by atoms with Crippen LogP contribution in [0.25, 0.3) is 0 Å². The highest BCUT2D eigenvalue weighted by Crippen LogP contribution is 2.41. The van der Waals surface area contributed by atoms with Crippen LogP contribution in [0.15, 0.2) is 18.6 Å². The monoisotopic (exact) mass is 217 g/mol. The molecule has 1 heterocycles. The molecular weight excluding hydrogens is 198 g/mol. The lowest BCUT2D eigenvalue weighted by atomic mass is 9.68. The zero-order valence-electron chi connectivity index (χ0n) is 9.60. The topological polar surface area (TPSA) is 37.8 Å². The van der Waals surface area contributed by atoms with E-state index in [-0.39, 0.29) is 0 Å². The number of aromatic nitrogens is 2. The van der Waals surface area contributed by atoms with Crippen LogP contribution in [0.3, 0.4) is 0 Å². The highest BCUT2D eigenvalue weighted by Gasteiger charge is 2.36. The van der Waals surface area contributed by atoms with Crippen molar-refractivity contribution in [2.24, 2.45) is 11.8 Å². The second-order valence-electron chi connectivity index (χ2n) is 5.14. The van der Waals surface area contributed by atoms with Gasteiger partial charge in [-0.2, -0.15) is 0 Å². The van der Waals surface area contributed by atoms with Crippen molar-refractivity contribution < 1.29 is 0 Å². The van der Waals surface area contributed by atoms with Crippen LogP contribution < -0.4 is 5.32 Å². The molecule has 0 spiro atoms. The summed E-state index contributed by atoms with van der Waals surface area (Å²) in [4.78, 5) is 8.45. The van der Waals surface area contributed by atoms with Crippen molar-refractivity contribution in [1.29, 1.82) is 0 Å². The maximum atomic E-state index is 4.33. The summed E-state index contributed by atoms with van der Waals surface area (Å²) >= 11 is 0. The summed E-state index contributed by atoms with van der Waals surface area (Å²) in [6, 6.07) is 0.652. The predicted molar refractivity (Wildman–Crippen MR) is 64.1 cm³/mol. The molecule has 3 heteroatoms. The van der Waals surface area contributed by atoms with Crippen molar-refractivity contribution in [2.45, 2.75) is 44.6 Å². The van der Waals surface area contributed by atoms with E-state index in [1.54, 1.807) is 12.4 Å². The quantitative estimate of drug-likeness (QED) is 0.842. The van der Waals surface area contributed by atoms with Crippen LogP contribution in [0.2, 0.25) is 0 Å². The van der Waals surface area contributed by atoms with Gasteiger partial charge < -0.3 is 5.32 Å². The zero-order valence-corrected chi connectivity index (χ0v) is 9.60. The van der Waals surface area contributed by atoms with Gasteiger partial charge in [0.2, 0.25) is 0 Å². The van der Waals surface area contributed by atoms with Gasteiger partial charge in [-0.05, 0) is 37.5 Å². The minimum Gasteiger partial charge on any atom is -0.366 e. The minimum absolute atomic E-state index is 0.652. The third-order valence-corrected chi connectivity index (χ3v) is 4.19. The SMILES string of the molecule is c1cnc(NC(C2CCC2)C2CCC2)cn1. The predicted octanol–water partition coefficient (Wildman–Crippen LogP) is 2.86. The molecule has 3 nitrogen and oxygen atoms in total. The molecule has 0 saturated heterocycles. The number of anilines is 1. The number of nitrogens with zero attached hydrogens (tertiary/aromatic N) is 2. The van der Waals surface area contributed by atoms with Gasteiger partial charge in [0.05, 0.1) is 6.20 Å². The smallest absolute Gasteiger partial charge is 0.144 e. The van der Waals surface area contributed by atoms with Gasteiger partial charge in [0, 0.05) is 18.4 Å². The van der Waals surface area contributed by atoms with E-state index < -0.39 is 0 Å². The fraction of sp³-hybridized carbons (Fsp3) is 0.692. The van der Waals surface area contributed by atoms with Crippen molar-refractivity contribution in [2.75, 3.05) is 5.32 Å². The van der Waals surface area contributed by atoms with Gasteiger partial charge in [-0.15, -0.1) is 0 Å². The molecule has 2 aliphatic carbocycles. The van der Waals surface area contributed by atoms with E-state index in [0.717, 1.165) is 17.7 Å². The average molecular weight is 217 g/mol. The highest BCUT2D eigenvalue weighted by atomic mass is 15.0. The number of hydrogen-bond donors (Lipinski definition) is 1. The summed E-state index contributed by atoms with van der Waals surface area (Å²) in [5.41, 5.74) is 0. The number of rotatable bonds is 4. The van der Waals surface area contributed by atoms with Crippen LogP contribution in [-0.4, -0.2) is 16.0 Å². The van der Waals surface area contributed by atoms with E-state index in [1.165, 1.54) is 38.5 Å². The van der Waals surface area contributed by atoms with Gasteiger partial charge in [-0.25, -0.2) is 4.98 Å². The van der Waals surface area contributed by atoms with Crippen LogP contribution in [-0.2, 0) is 0 Å². The first-order chi connectivity index (χ1) is 7.93. The minimum atomic E-state index is 0.652. The summed E-state index contributed by atoms with van der Waals surface area (Å²) in [6.45, 7) is 0. The molecule has 2 aliphatic rings. The summed E-state index contributed by atoms with van der Waals surface area (Å²) in [5.74, 6) is 2.71. The lowest BCUT2D eigenvalue weighted by Gasteiger charge is -2.43. The van der Waals surface area contributed by atoms with Gasteiger partial charge in [-0.3, -0.25) is 4.98 Å². The van der Waals surface area contributed by atoms with Crippen LogP contribution >= 0.6 is 0 Å². The van der Waals surface area contributed by atoms with Crippen molar-refractivity contribution in [3.63, 3.8) is 0 Å². The Morgan fingerprint density at radius 1 is 1.06 bits per heavy atom. The maximum absolute atomic E-state index is 4.33. The molecular formula is C13H19N3. The highest BCUT2D eigenvalue weighted by molar-refractivity contribution is 5.32. The number of nitrogens with one attached hydrogen (secondary N) is 1. The van der Waals surface area contributed by atoms with Gasteiger partial charge in [0.1, 0.15) is 5.82 Å². The van der Waals surface area contributed by atoms with Crippen LogP contribution in [0.4, 0.5) is 5.82 Å². The molecule has 2 fully saturated rings.